The number of halogens is 1. The number of pyridine rings is 1. The summed E-state index contributed by atoms with van der Waals surface area (Å²) in [4.78, 5) is 18.2. The highest BCUT2D eigenvalue weighted by atomic mass is 35.5. The highest BCUT2D eigenvalue weighted by Crippen LogP contribution is 2.36. The number of carbonyl (C=O) groups excluding carboxylic acids is 1. The van der Waals surface area contributed by atoms with Gasteiger partial charge in [0.05, 0.1) is 11.1 Å². The molecule has 0 spiro atoms. The summed E-state index contributed by atoms with van der Waals surface area (Å²) in [7, 11) is -6.02. The lowest BCUT2D eigenvalue weighted by atomic mass is 10.1. The Bertz CT molecular complexity index is 1240. The second kappa shape index (κ2) is 12.1. The van der Waals surface area contributed by atoms with Gasteiger partial charge in [0.15, 0.2) is 8.32 Å². The fraction of sp³-hybridized carbons (Fsp3) is 0.615. The first-order valence-electron chi connectivity index (χ1n) is 12.7. The van der Waals surface area contributed by atoms with E-state index in [1.807, 2.05) is 0 Å². The molecule has 38 heavy (non-hydrogen) atoms. The lowest BCUT2D eigenvalue weighted by molar-refractivity contribution is 0.0230. The topological polar surface area (TPSA) is 118 Å². The van der Waals surface area contributed by atoms with Crippen LogP contribution in [0.4, 0.5) is 4.79 Å². The number of aromatic nitrogens is 1. The standard InChI is InChI=1S/C26H42ClN3O6SSi/c1-18(29-37(33,34)21-13-10-12-19-22(21)20(31)16-28-23(19)27)17-30(24(32)36-25(2,3)4)14-11-15-35-38(8,9)26(5,6)7/h10,12-13,16,18,29,31H,11,14-15,17H2,1-9H3/t18-/m1/s1. The molecule has 214 valence electrons. The van der Waals surface area contributed by atoms with Crippen molar-refractivity contribution >= 4 is 46.8 Å². The number of ether oxygens (including phenoxy) is 1. The maximum Gasteiger partial charge on any atom is 0.410 e. The number of carbonyl (C=O) groups is 1. The van der Waals surface area contributed by atoms with Crippen molar-refractivity contribution in [3.63, 3.8) is 0 Å². The molecule has 1 aromatic heterocycles. The number of nitrogens with zero attached hydrogens (tertiary/aromatic N) is 2. The molecule has 0 saturated carbocycles. The zero-order chi connectivity index (χ0) is 29.1. The molecule has 0 unspecified atom stereocenters. The van der Waals surface area contributed by atoms with Crippen LogP contribution in [0.25, 0.3) is 10.8 Å². The molecule has 1 aromatic carbocycles. The van der Waals surface area contributed by atoms with E-state index in [0.29, 0.717) is 25.0 Å². The summed E-state index contributed by atoms with van der Waals surface area (Å²) in [5.41, 5.74) is -0.705. The smallest absolute Gasteiger partial charge is 0.410 e. The van der Waals surface area contributed by atoms with Gasteiger partial charge in [0.2, 0.25) is 10.0 Å². The number of amides is 1. The number of benzene rings is 1. The van der Waals surface area contributed by atoms with Gasteiger partial charge < -0.3 is 19.2 Å². The van der Waals surface area contributed by atoms with E-state index in [4.69, 9.17) is 20.8 Å². The number of nitrogens with one attached hydrogen (secondary N) is 1. The molecule has 0 saturated heterocycles. The van der Waals surface area contributed by atoms with Crippen molar-refractivity contribution in [3.05, 3.63) is 29.5 Å². The van der Waals surface area contributed by atoms with Gasteiger partial charge in [-0.05, 0) is 58.3 Å². The normalized spacial score (nSPS) is 13.9. The largest absolute Gasteiger partial charge is 0.506 e. The number of aromatic hydroxyl groups is 1. The molecule has 1 atom stereocenters. The lowest BCUT2D eigenvalue weighted by Crippen LogP contribution is -2.46. The molecule has 0 radical (unpaired) electrons. The van der Waals surface area contributed by atoms with Gasteiger partial charge in [0.1, 0.15) is 16.5 Å². The van der Waals surface area contributed by atoms with E-state index < -0.39 is 36.1 Å². The van der Waals surface area contributed by atoms with Gasteiger partial charge in [0, 0.05) is 36.5 Å². The van der Waals surface area contributed by atoms with E-state index in [1.54, 1.807) is 33.8 Å². The Morgan fingerprint density at radius 3 is 2.42 bits per heavy atom. The van der Waals surface area contributed by atoms with Crippen molar-refractivity contribution < 1.29 is 27.5 Å². The second-order valence-corrected chi connectivity index (χ2v) is 18.9. The highest BCUT2D eigenvalue weighted by molar-refractivity contribution is 7.89. The number of fused-ring (bicyclic) bond motifs is 1. The predicted octanol–water partition coefficient (Wildman–Crippen LogP) is 5.91. The SMILES string of the molecule is C[C@H](CN(CCCO[Si](C)(C)C(C)(C)C)C(=O)OC(C)(C)C)NS(=O)(=O)c1cccc2c(Cl)ncc(O)c12. The Hall–Kier alpha value is -1.92. The molecule has 1 amide bonds. The average molecular weight is 588 g/mol. The Kier molecular flexibility index (Phi) is 10.3. The van der Waals surface area contributed by atoms with E-state index in [2.05, 4.69) is 43.6 Å². The summed E-state index contributed by atoms with van der Waals surface area (Å²) < 4.78 is 41.1. The third kappa shape index (κ3) is 8.54. The molecule has 1 heterocycles. The van der Waals surface area contributed by atoms with E-state index in [-0.39, 0.29) is 32.8 Å². The summed E-state index contributed by atoms with van der Waals surface area (Å²) in [5.74, 6) is -0.296. The van der Waals surface area contributed by atoms with Crippen LogP contribution in [0, 0.1) is 0 Å². The van der Waals surface area contributed by atoms with Crippen LogP contribution in [0.3, 0.4) is 0 Å². The van der Waals surface area contributed by atoms with Crippen LogP contribution in [0.15, 0.2) is 29.3 Å². The molecule has 12 heteroatoms. The van der Waals surface area contributed by atoms with Crippen molar-refractivity contribution in [2.24, 2.45) is 0 Å². The molecule has 2 rings (SSSR count). The van der Waals surface area contributed by atoms with E-state index in [1.165, 1.54) is 17.0 Å². The minimum absolute atomic E-state index is 0.0704. The first kappa shape index (κ1) is 32.3. The maximum atomic E-state index is 13.3. The molecule has 0 aliphatic rings. The summed E-state index contributed by atoms with van der Waals surface area (Å²) in [5, 5.41) is 10.9. The van der Waals surface area contributed by atoms with Crippen molar-refractivity contribution in [2.75, 3.05) is 19.7 Å². The average Bonchev–Trinajstić information content (AvgIpc) is 2.75. The van der Waals surface area contributed by atoms with Crippen LogP contribution >= 0.6 is 11.6 Å². The van der Waals surface area contributed by atoms with Crippen LogP contribution in [0.1, 0.15) is 54.9 Å². The van der Waals surface area contributed by atoms with Crippen LogP contribution in [0.5, 0.6) is 5.75 Å². The zero-order valence-corrected chi connectivity index (χ0v) is 26.5. The highest BCUT2D eigenvalue weighted by Gasteiger charge is 2.37. The van der Waals surface area contributed by atoms with Crippen LogP contribution in [-0.4, -0.2) is 69.2 Å². The molecule has 0 aliphatic carbocycles. The monoisotopic (exact) mass is 587 g/mol. The van der Waals surface area contributed by atoms with Crippen LogP contribution in [-0.2, 0) is 19.2 Å². The van der Waals surface area contributed by atoms with Crippen molar-refractivity contribution in [2.45, 2.75) is 89.6 Å². The first-order valence-corrected chi connectivity index (χ1v) is 17.4. The molecule has 2 aromatic rings. The number of rotatable bonds is 10. The predicted molar refractivity (Wildman–Crippen MR) is 154 cm³/mol. The van der Waals surface area contributed by atoms with Gasteiger partial charge in [0.25, 0.3) is 0 Å². The third-order valence-electron chi connectivity index (χ3n) is 6.44. The van der Waals surface area contributed by atoms with Crippen LogP contribution < -0.4 is 4.72 Å². The molecular formula is C26H42ClN3O6SSi. The number of hydrogen-bond acceptors (Lipinski definition) is 7. The maximum absolute atomic E-state index is 13.3. The van der Waals surface area contributed by atoms with E-state index in [0.717, 1.165) is 6.20 Å². The Balaban J connectivity index is 2.20. The van der Waals surface area contributed by atoms with Crippen molar-refractivity contribution in [1.29, 1.82) is 0 Å². The first-order chi connectivity index (χ1) is 17.2. The van der Waals surface area contributed by atoms with E-state index >= 15 is 0 Å². The molecule has 2 N–H and O–H groups in total. The van der Waals surface area contributed by atoms with Gasteiger partial charge in [-0.1, -0.05) is 44.5 Å². The fourth-order valence-corrected chi connectivity index (χ4v) is 6.29. The Labute approximate surface area is 233 Å². The number of sulfonamides is 1. The summed E-state index contributed by atoms with van der Waals surface area (Å²) in [6.45, 7) is 18.8. The van der Waals surface area contributed by atoms with Gasteiger partial charge in [-0.2, -0.15) is 0 Å². The van der Waals surface area contributed by atoms with E-state index in [9.17, 15) is 18.3 Å². The molecule has 9 nitrogen and oxygen atoms in total. The Morgan fingerprint density at radius 1 is 1.21 bits per heavy atom. The molecule has 0 aliphatic heterocycles. The molecular weight excluding hydrogens is 546 g/mol. The minimum atomic E-state index is -4.09. The van der Waals surface area contributed by atoms with Gasteiger partial charge in [-0.15, -0.1) is 0 Å². The van der Waals surface area contributed by atoms with Crippen molar-refractivity contribution in [1.82, 2.24) is 14.6 Å². The Morgan fingerprint density at radius 2 is 1.84 bits per heavy atom. The van der Waals surface area contributed by atoms with Crippen molar-refractivity contribution in [3.8, 4) is 5.75 Å². The van der Waals surface area contributed by atoms with Gasteiger partial charge in [-0.3, -0.25) is 0 Å². The summed E-state index contributed by atoms with van der Waals surface area (Å²) >= 11 is 6.12. The zero-order valence-electron chi connectivity index (χ0n) is 23.9. The quantitative estimate of drug-likeness (QED) is 0.201. The van der Waals surface area contributed by atoms with Gasteiger partial charge >= 0.3 is 6.09 Å². The van der Waals surface area contributed by atoms with Crippen LogP contribution in [0.2, 0.25) is 23.3 Å². The summed E-state index contributed by atoms with van der Waals surface area (Å²) in [6, 6.07) is 3.84. The van der Waals surface area contributed by atoms with Gasteiger partial charge in [-0.25, -0.2) is 22.9 Å². The fourth-order valence-electron chi connectivity index (χ4n) is 3.52. The second-order valence-electron chi connectivity index (χ2n) is 12.0. The third-order valence-corrected chi connectivity index (χ3v) is 12.9. The molecule has 0 fully saturated rings. The lowest BCUT2D eigenvalue weighted by Gasteiger charge is -2.36. The molecule has 0 bridgehead atoms. The summed E-state index contributed by atoms with van der Waals surface area (Å²) in [6.07, 6.45) is 1.16. The minimum Gasteiger partial charge on any atom is -0.506 e. The number of hydrogen-bond donors (Lipinski definition) is 2.